The van der Waals surface area contributed by atoms with E-state index in [-0.39, 0.29) is 18.0 Å². The molecule has 0 fully saturated rings. The van der Waals surface area contributed by atoms with Gasteiger partial charge in [-0.15, -0.1) is 0 Å². The molecule has 0 spiro atoms. The Kier molecular flexibility index (Phi) is 4.23. The third kappa shape index (κ3) is 3.57. The maximum Gasteiger partial charge on any atom is 0.335 e. The number of carbonyl (C=O) groups is 2. The van der Waals surface area contributed by atoms with Crippen LogP contribution in [0.25, 0.3) is 0 Å². The van der Waals surface area contributed by atoms with Gasteiger partial charge in [0.2, 0.25) is 0 Å². The molecule has 0 aromatic heterocycles. The first-order chi connectivity index (χ1) is 7.91. The average molecular weight is 237 g/mol. The van der Waals surface area contributed by atoms with E-state index in [9.17, 15) is 9.59 Å². The van der Waals surface area contributed by atoms with Gasteiger partial charge in [0.05, 0.1) is 11.7 Å². The number of aliphatic hydroxyl groups is 1. The molecule has 1 atom stereocenters. The minimum atomic E-state index is -1.03. The number of hydrogen-bond donors (Lipinski definition) is 2. The van der Waals surface area contributed by atoms with Crippen molar-refractivity contribution in [2.75, 3.05) is 13.6 Å². The van der Waals surface area contributed by atoms with Gasteiger partial charge in [-0.25, -0.2) is 4.79 Å². The maximum atomic E-state index is 11.8. The number of carbonyl (C=O) groups excluding carboxylic acids is 1. The third-order valence-electron chi connectivity index (χ3n) is 2.26. The highest BCUT2D eigenvalue weighted by Gasteiger charge is 2.13. The van der Waals surface area contributed by atoms with Crippen LogP contribution in [0.1, 0.15) is 27.6 Å². The SMILES string of the molecule is CC(O)CN(C)C(=O)c1ccc(C(=O)O)cc1. The summed E-state index contributed by atoms with van der Waals surface area (Å²) in [7, 11) is 1.58. The molecule has 1 amide bonds. The zero-order valence-corrected chi connectivity index (χ0v) is 9.75. The van der Waals surface area contributed by atoms with Crippen LogP contribution in [0.4, 0.5) is 0 Å². The predicted molar refractivity (Wildman–Crippen MR) is 62.0 cm³/mol. The van der Waals surface area contributed by atoms with Crippen molar-refractivity contribution in [2.24, 2.45) is 0 Å². The molecule has 0 aliphatic rings. The van der Waals surface area contributed by atoms with Gasteiger partial charge in [-0.2, -0.15) is 0 Å². The summed E-state index contributed by atoms with van der Waals surface area (Å²) in [6.07, 6.45) is -0.595. The Balaban J connectivity index is 2.79. The van der Waals surface area contributed by atoms with E-state index in [4.69, 9.17) is 10.2 Å². The van der Waals surface area contributed by atoms with E-state index in [1.54, 1.807) is 14.0 Å². The molecule has 1 rings (SSSR count). The zero-order chi connectivity index (χ0) is 13.0. The molecule has 0 heterocycles. The molecule has 1 aromatic carbocycles. The number of aliphatic hydroxyl groups excluding tert-OH is 1. The number of carboxylic acid groups (broad SMARTS) is 1. The first-order valence-corrected chi connectivity index (χ1v) is 5.18. The average Bonchev–Trinajstić information content (AvgIpc) is 2.27. The first-order valence-electron chi connectivity index (χ1n) is 5.18. The summed E-state index contributed by atoms with van der Waals surface area (Å²) < 4.78 is 0. The van der Waals surface area contributed by atoms with Crippen LogP contribution in [-0.2, 0) is 0 Å². The molecule has 0 saturated carbocycles. The fraction of sp³-hybridized carbons (Fsp3) is 0.333. The van der Waals surface area contributed by atoms with Crippen molar-refractivity contribution in [1.29, 1.82) is 0 Å². The van der Waals surface area contributed by atoms with Crippen molar-refractivity contribution in [3.8, 4) is 0 Å². The Bertz CT molecular complexity index is 411. The van der Waals surface area contributed by atoms with E-state index >= 15 is 0 Å². The molecular formula is C12H15NO4. The molecule has 0 saturated heterocycles. The smallest absolute Gasteiger partial charge is 0.335 e. The molecule has 92 valence electrons. The van der Waals surface area contributed by atoms with E-state index < -0.39 is 12.1 Å². The molecule has 1 unspecified atom stereocenters. The zero-order valence-electron chi connectivity index (χ0n) is 9.75. The Morgan fingerprint density at radius 3 is 2.12 bits per heavy atom. The van der Waals surface area contributed by atoms with Gasteiger partial charge in [-0.3, -0.25) is 4.79 Å². The lowest BCUT2D eigenvalue weighted by atomic mass is 10.1. The van der Waals surface area contributed by atoms with Crippen molar-refractivity contribution < 1.29 is 19.8 Å². The number of rotatable bonds is 4. The highest BCUT2D eigenvalue weighted by molar-refractivity contribution is 5.95. The van der Waals surface area contributed by atoms with Crippen molar-refractivity contribution >= 4 is 11.9 Å². The molecular weight excluding hydrogens is 222 g/mol. The summed E-state index contributed by atoms with van der Waals surface area (Å²) in [5, 5.41) is 17.9. The lowest BCUT2D eigenvalue weighted by Gasteiger charge is -2.18. The summed E-state index contributed by atoms with van der Waals surface area (Å²) in [6.45, 7) is 1.83. The van der Waals surface area contributed by atoms with Crippen LogP contribution in [-0.4, -0.2) is 46.7 Å². The van der Waals surface area contributed by atoms with Gasteiger partial charge in [-0.1, -0.05) is 0 Å². The largest absolute Gasteiger partial charge is 0.478 e. The number of nitrogens with zero attached hydrogens (tertiary/aromatic N) is 1. The lowest BCUT2D eigenvalue weighted by molar-refractivity contribution is 0.0689. The maximum absolute atomic E-state index is 11.8. The van der Waals surface area contributed by atoms with E-state index in [1.807, 2.05) is 0 Å². The van der Waals surface area contributed by atoms with Crippen molar-refractivity contribution in [1.82, 2.24) is 4.90 Å². The minimum absolute atomic E-state index is 0.139. The molecule has 17 heavy (non-hydrogen) atoms. The predicted octanol–water partition coefficient (Wildman–Crippen LogP) is 0.838. The van der Waals surface area contributed by atoms with Crippen molar-refractivity contribution in [2.45, 2.75) is 13.0 Å². The number of amides is 1. The monoisotopic (exact) mass is 237 g/mol. The van der Waals surface area contributed by atoms with Gasteiger partial charge in [-0.05, 0) is 31.2 Å². The highest BCUT2D eigenvalue weighted by atomic mass is 16.4. The first kappa shape index (κ1) is 13.2. The van der Waals surface area contributed by atoms with Gasteiger partial charge in [0.1, 0.15) is 0 Å². The van der Waals surface area contributed by atoms with Crippen LogP contribution in [0.3, 0.4) is 0 Å². The topological polar surface area (TPSA) is 77.8 Å². The second-order valence-corrected chi connectivity index (χ2v) is 3.92. The molecule has 1 aromatic rings. The molecule has 0 radical (unpaired) electrons. The normalized spacial score (nSPS) is 11.9. The number of likely N-dealkylation sites (N-methyl/N-ethyl adjacent to an activating group) is 1. The van der Waals surface area contributed by atoms with E-state index in [2.05, 4.69) is 0 Å². The number of benzene rings is 1. The molecule has 0 bridgehead atoms. The summed E-state index contributed by atoms with van der Waals surface area (Å²) in [5.74, 6) is -1.27. The summed E-state index contributed by atoms with van der Waals surface area (Å²) in [4.78, 5) is 23.9. The molecule has 2 N–H and O–H groups in total. The minimum Gasteiger partial charge on any atom is -0.478 e. The molecule has 5 nitrogen and oxygen atoms in total. The standard InChI is InChI=1S/C12H15NO4/c1-8(14)7-13(2)11(15)9-3-5-10(6-4-9)12(16)17/h3-6,8,14H,7H2,1-2H3,(H,16,17). The summed E-state index contributed by atoms with van der Waals surface area (Å²) >= 11 is 0. The van der Waals surface area contributed by atoms with Crippen molar-refractivity contribution in [3.05, 3.63) is 35.4 Å². The van der Waals surface area contributed by atoms with Gasteiger partial charge in [0.15, 0.2) is 0 Å². The Hall–Kier alpha value is -1.88. The molecule has 0 aliphatic carbocycles. The fourth-order valence-corrected chi connectivity index (χ4v) is 1.46. The van der Waals surface area contributed by atoms with Crippen molar-refractivity contribution in [3.63, 3.8) is 0 Å². The second kappa shape index (κ2) is 5.45. The third-order valence-corrected chi connectivity index (χ3v) is 2.26. The van der Waals surface area contributed by atoms with E-state index in [0.29, 0.717) is 5.56 Å². The van der Waals surface area contributed by atoms with E-state index in [0.717, 1.165) is 0 Å². The van der Waals surface area contributed by atoms with Crippen LogP contribution >= 0.6 is 0 Å². The van der Waals surface area contributed by atoms with Gasteiger partial charge in [0.25, 0.3) is 5.91 Å². The number of aromatic carboxylic acids is 1. The second-order valence-electron chi connectivity index (χ2n) is 3.92. The Morgan fingerprint density at radius 2 is 1.71 bits per heavy atom. The Labute approximate surface area is 99.3 Å². The van der Waals surface area contributed by atoms with Crippen LogP contribution in [0.5, 0.6) is 0 Å². The highest BCUT2D eigenvalue weighted by Crippen LogP contribution is 2.07. The molecule has 0 aliphatic heterocycles. The lowest BCUT2D eigenvalue weighted by Crippen LogP contribution is -2.33. The van der Waals surface area contributed by atoms with Gasteiger partial charge >= 0.3 is 5.97 Å². The quantitative estimate of drug-likeness (QED) is 0.813. The van der Waals surface area contributed by atoms with Gasteiger partial charge in [0, 0.05) is 19.2 Å². The van der Waals surface area contributed by atoms with Crippen LogP contribution < -0.4 is 0 Å². The summed E-state index contributed by atoms with van der Waals surface area (Å²) in [5.41, 5.74) is 0.540. The van der Waals surface area contributed by atoms with Crippen LogP contribution in [0.15, 0.2) is 24.3 Å². The summed E-state index contributed by atoms with van der Waals surface area (Å²) in [6, 6.07) is 5.69. The van der Waals surface area contributed by atoms with Crippen LogP contribution in [0.2, 0.25) is 0 Å². The Morgan fingerprint density at radius 1 is 1.24 bits per heavy atom. The molecule has 5 heteroatoms. The van der Waals surface area contributed by atoms with Crippen LogP contribution in [0, 0.1) is 0 Å². The van der Waals surface area contributed by atoms with Gasteiger partial charge < -0.3 is 15.1 Å². The number of hydrogen-bond acceptors (Lipinski definition) is 3. The fourth-order valence-electron chi connectivity index (χ4n) is 1.46. The number of carboxylic acids is 1. The van der Waals surface area contributed by atoms with E-state index in [1.165, 1.54) is 29.2 Å².